The van der Waals surface area contributed by atoms with Gasteiger partial charge in [0.1, 0.15) is 5.82 Å². The summed E-state index contributed by atoms with van der Waals surface area (Å²) < 4.78 is 15.1. The smallest absolute Gasteiger partial charge is 0.308 e. The van der Waals surface area contributed by atoms with E-state index in [2.05, 4.69) is 20.9 Å². The van der Waals surface area contributed by atoms with Crippen molar-refractivity contribution in [2.75, 3.05) is 0 Å². The Kier molecular flexibility index (Phi) is 5.17. The number of carbonyl (C=O) groups is 1. The molecule has 0 atom stereocenters. The molecule has 0 saturated carbocycles. The number of nitrogens with zero attached hydrogens (tertiary/aromatic N) is 1. The lowest BCUT2D eigenvalue weighted by molar-refractivity contribution is -0.136. The summed E-state index contributed by atoms with van der Waals surface area (Å²) in [6.07, 6.45) is -0.0172. The van der Waals surface area contributed by atoms with E-state index in [1.165, 1.54) is 29.2 Å². The molecular formula is C13H11BrFNO2S2. The number of carboxylic acids is 1. The first-order valence-corrected chi connectivity index (χ1v) is 8.30. The molecule has 0 aliphatic rings. The zero-order chi connectivity index (χ0) is 14.7. The van der Waals surface area contributed by atoms with Crippen LogP contribution in [-0.4, -0.2) is 16.1 Å². The number of benzene rings is 1. The predicted octanol–water partition coefficient (Wildman–Crippen LogP) is 4.27. The highest BCUT2D eigenvalue weighted by Crippen LogP contribution is 2.31. The number of hydrogen-bond donors (Lipinski definition) is 1. The molecule has 0 bridgehead atoms. The van der Waals surface area contributed by atoms with Crippen LogP contribution < -0.4 is 0 Å². The van der Waals surface area contributed by atoms with Crippen LogP contribution in [-0.2, 0) is 17.0 Å². The van der Waals surface area contributed by atoms with Gasteiger partial charge < -0.3 is 5.11 Å². The van der Waals surface area contributed by atoms with Gasteiger partial charge >= 0.3 is 5.97 Å². The molecule has 2 rings (SSSR count). The number of aromatic nitrogens is 1. The maximum Gasteiger partial charge on any atom is 0.308 e. The molecule has 0 unspecified atom stereocenters. The van der Waals surface area contributed by atoms with Crippen molar-refractivity contribution in [1.29, 1.82) is 0 Å². The zero-order valence-electron chi connectivity index (χ0n) is 10.5. The van der Waals surface area contributed by atoms with Crippen LogP contribution in [0, 0.1) is 12.7 Å². The highest BCUT2D eigenvalue weighted by Gasteiger charge is 2.12. The highest BCUT2D eigenvalue weighted by atomic mass is 79.9. The standard InChI is InChI=1S/C13H11BrFNO2S2/c1-7-11(5-12(17)18)20-13(16-7)19-6-8-2-3-9(14)4-10(8)15/h2-4H,5-6H2,1H3,(H,17,18). The Morgan fingerprint density at radius 1 is 1.55 bits per heavy atom. The maximum absolute atomic E-state index is 13.7. The quantitative estimate of drug-likeness (QED) is 0.792. The summed E-state index contributed by atoms with van der Waals surface area (Å²) in [7, 11) is 0. The fourth-order valence-corrected chi connectivity index (χ4v) is 4.09. The molecule has 0 fully saturated rings. The van der Waals surface area contributed by atoms with Gasteiger partial charge in [0.25, 0.3) is 0 Å². The molecule has 1 N–H and O–H groups in total. The molecule has 0 radical (unpaired) electrons. The van der Waals surface area contributed by atoms with Gasteiger partial charge in [0, 0.05) is 15.1 Å². The summed E-state index contributed by atoms with van der Waals surface area (Å²) >= 11 is 5.99. The number of aliphatic carboxylic acids is 1. The number of thiazole rings is 1. The third-order valence-corrected chi connectivity index (χ3v) is 5.39. The van der Waals surface area contributed by atoms with Crippen molar-refractivity contribution >= 4 is 45.0 Å². The van der Waals surface area contributed by atoms with Crippen LogP contribution in [0.3, 0.4) is 0 Å². The van der Waals surface area contributed by atoms with Crippen molar-refractivity contribution in [2.45, 2.75) is 23.4 Å². The Balaban J connectivity index is 2.05. The average molecular weight is 376 g/mol. The van der Waals surface area contributed by atoms with E-state index in [9.17, 15) is 9.18 Å². The number of rotatable bonds is 5. The lowest BCUT2D eigenvalue weighted by Crippen LogP contribution is -1.99. The van der Waals surface area contributed by atoms with Gasteiger partial charge in [0.2, 0.25) is 0 Å². The molecule has 0 aliphatic carbocycles. The zero-order valence-corrected chi connectivity index (χ0v) is 13.7. The van der Waals surface area contributed by atoms with Crippen molar-refractivity contribution in [3.8, 4) is 0 Å². The van der Waals surface area contributed by atoms with E-state index in [0.29, 0.717) is 15.8 Å². The lowest BCUT2D eigenvalue weighted by atomic mass is 10.2. The van der Waals surface area contributed by atoms with Gasteiger partial charge in [-0.05, 0) is 24.6 Å². The van der Waals surface area contributed by atoms with Crippen molar-refractivity contribution in [3.05, 3.63) is 44.6 Å². The summed E-state index contributed by atoms with van der Waals surface area (Å²) in [5, 5.41) is 8.79. The van der Waals surface area contributed by atoms with E-state index in [4.69, 9.17) is 5.11 Å². The van der Waals surface area contributed by atoms with Gasteiger partial charge in [-0.15, -0.1) is 11.3 Å². The van der Waals surface area contributed by atoms with E-state index >= 15 is 0 Å². The Morgan fingerprint density at radius 2 is 2.30 bits per heavy atom. The summed E-state index contributed by atoms with van der Waals surface area (Å²) in [5.41, 5.74) is 1.34. The summed E-state index contributed by atoms with van der Waals surface area (Å²) in [5.74, 6) is -0.656. The molecule has 20 heavy (non-hydrogen) atoms. The minimum Gasteiger partial charge on any atom is -0.481 e. The van der Waals surface area contributed by atoms with E-state index in [-0.39, 0.29) is 12.2 Å². The number of hydrogen-bond acceptors (Lipinski definition) is 4. The number of carboxylic acid groups (broad SMARTS) is 1. The largest absolute Gasteiger partial charge is 0.481 e. The van der Waals surface area contributed by atoms with Crippen LogP contribution in [0.2, 0.25) is 0 Å². The molecular weight excluding hydrogens is 365 g/mol. The normalized spacial score (nSPS) is 10.8. The molecule has 0 spiro atoms. The Morgan fingerprint density at radius 3 is 2.95 bits per heavy atom. The lowest BCUT2D eigenvalue weighted by Gasteiger charge is -2.01. The van der Waals surface area contributed by atoms with Crippen LogP contribution in [0.5, 0.6) is 0 Å². The SMILES string of the molecule is Cc1nc(SCc2ccc(Br)cc2F)sc1CC(=O)O. The van der Waals surface area contributed by atoms with Gasteiger partial charge in [-0.2, -0.15) is 0 Å². The fourth-order valence-electron chi connectivity index (χ4n) is 1.54. The van der Waals surface area contributed by atoms with E-state index in [1.807, 2.05) is 0 Å². The Hall–Kier alpha value is -0.920. The van der Waals surface area contributed by atoms with Crippen LogP contribution in [0.1, 0.15) is 16.1 Å². The van der Waals surface area contributed by atoms with Crippen LogP contribution in [0.4, 0.5) is 4.39 Å². The topological polar surface area (TPSA) is 50.2 Å². The maximum atomic E-state index is 13.7. The summed E-state index contributed by atoms with van der Waals surface area (Å²) in [6.45, 7) is 1.79. The van der Waals surface area contributed by atoms with Crippen LogP contribution >= 0.6 is 39.0 Å². The number of thioether (sulfide) groups is 1. The van der Waals surface area contributed by atoms with Crippen LogP contribution in [0.15, 0.2) is 27.0 Å². The second-order valence-electron chi connectivity index (χ2n) is 4.08. The second kappa shape index (κ2) is 6.69. The average Bonchev–Trinajstić information content (AvgIpc) is 2.68. The van der Waals surface area contributed by atoms with Crippen molar-refractivity contribution in [3.63, 3.8) is 0 Å². The minimum atomic E-state index is -0.868. The first kappa shape index (κ1) is 15.5. The first-order chi connectivity index (χ1) is 9.45. The van der Waals surface area contributed by atoms with Crippen molar-refractivity contribution in [2.24, 2.45) is 0 Å². The third kappa shape index (κ3) is 4.04. The second-order valence-corrected chi connectivity index (χ2v) is 7.31. The van der Waals surface area contributed by atoms with E-state index < -0.39 is 5.97 Å². The first-order valence-electron chi connectivity index (χ1n) is 5.70. The molecule has 1 aromatic carbocycles. The molecule has 1 heterocycles. The molecule has 0 amide bonds. The summed E-state index contributed by atoms with van der Waals surface area (Å²) in [4.78, 5) is 15.8. The van der Waals surface area contributed by atoms with Crippen molar-refractivity contribution in [1.82, 2.24) is 4.98 Å². The molecule has 0 saturated heterocycles. The van der Waals surface area contributed by atoms with E-state index in [0.717, 1.165) is 14.9 Å². The van der Waals surface area contributed by atoms with Crippen molar-refractivity contribution < 1.29 is 14.3 Å². The van der Waals surface area contributed by atoms with E-state index in [1.54, 1.807) is 19.1 Å². The van der Waals surface area contributed by atoms with Gasteiger partial charge in [-0.1, -0.05) is 33.8 Å². The molecule has 3 nitrogen and oxygen atoms in total. The Bertz CT molecular complexity index is 645. The fraction of sp³-hybridized carbons (Fsp3) is 0.231. The minimum absolute atomic E-state index is 0.0172. The molecule has 7 heteroatoms. The van der Waals surface area contributed by atoms with Gasteiger partial charge in [-0.3, -0.25) is 4.79 Å². The molecule has 106 valence electrons. The Labute approximate surface area is 132 Å². The monoisotopic (exact) mass is 375 g/mol. The summed E-state index contributed by atoms with van der Waals surface area (Å²) in [6, 6.07) is 4.95. The predicted molar refractivity (Wildman–Crippen MR) is 81.9 cm³/mol. The van der Waals surface area contributed by atoms with Gasteiger partial charge in [0.15, 0.2) is 4.34 Å². The third-order valence-electron chi connectivity index (χ3n) is 2.55. The van der Waals surface area contributed by atoms with Gasteiger partial charge in [-0.25, -0.2) is 9.37 Å². The molecule has 1 aromatic heterocycles. The van der Waals surface area contributed by atoms with Gasteiger partial charge in [0.05, 0.1) is 12.1 Å². The number of halogens is 2. The highest BCUT2D eigenvalue weighted by molar-refractivity contribution is 9.10. The molecule has 2 aromatic rings. The van der Waals surface area contributed by atoms with Crippen LogP contribution in [0.25, 0.3) is 0 Å². The molecule has 0 aliphatic heterocycles. The number of aryl methyl sites for hydroxylation is 1.